The molecule has 0 aliphatic carbocycles. The van der Waals surface area contributed by atoms with Crippen molar-refractivity contribution in [1.82, 2.24) is 4.72 Å². The molecule has 108 valence electrons. The van der Waals surface area contributed by atoms with Gasteiger partial charge in [0.15, 0.2) is 0 Å². The zero-order valence-corrected chi connectivity index (χ0v) is 12.9. The number of ether oxygens (including phenoxy) is 1. The van der Waals surface area contributed by atoms with E-state index < -0.39 is 10.0 Å². The maximum absolute atomic E-state index is 12.1. The zero-order valence-electron chi connectivity index (χ0n) is 10.6. The van der Waals surface area contributed by atoms with Gasteiger partial charge in [-0.3, -0.25) is 0 Å². The second-order valence-electron chi connectivity index (χ2n) is 3.89. The van der Waals surface area contributed by atoms with Crippen LogP contribution in [0.3, 0.4) is 0 Å². The molecule has 1 rings (SSSR count). The number of benzene rings is 1. The van der Waals surface area contributed by atoms with Crippen molar-refractivity contribution >= 4 is 38.9 Å². The fraction of sp³-hybridized carbons (Fsp3) is 0.455. The molecule has 0 amide bonds. The minimum absolute atomic E-state index is 0.0454. The molecule has 0 spiro atoms. The number of rotatable bonds is 6. The third kappa shape index (κ3) is 4.22. The Labute approximate surface area is 123 Å². The number of nitrogens with two attached hydrogens (primary N) is 1. The molecular weight excluding hydrogens is 311 g/mol. The van der Waals surface area contributed by atoms with Gasteiger partial charge in [-0.15, -0.1) is 0 Å². The van der Waals surface area contributed by atoms with Gasteiger partial charge in [0.1, 0.15) is 4.90 Å². The lowest BCUT2D eigenvalue weighted by Crippen LogP contribution is -2.32. The molecule has 1 aromatic carbocycles. The smallest absolute Gasteiger partial charge is 0.242 e. The summed E-state index contributed by atoms with van der Waals surface area (Å²) in [6.07, 6.45) is -0.233. The Morgan fingerprint density at radius 3 is 2.63 bits per heavy atom. The van der Waals surface area contributed by atoms with Crippen LogP contribution >= 0.6 is 23.2 Å². The van der Waals surface area contributed by atoms with E-state index in [1.807, 2.05) is 6.92 Å². The second-order valence-corrected chi connectivity index (χ2v) is 6.41. The summed E-state index contributed by atoms with van der Waals surface area (Å²) in [6, 6.07) is 2.71. The van der Waals surface area contributed by atoms with Crippen LogP contribution in [0, 0.1) is 0 Å². The first kappa shape index (κ1) is 16.5. The first-order valence-electron chi connectivity index (χ1n) is 5.64. The standard InChI is InChI=1S/C11H16Cl2N2O3S/c1-3-18-7(2)6-15-19(16,17)9-5-4-8(12)11(14)10(9)13/h4-5,7,15H,3,6,14H2,1-2H3. The van der Waals surface area contributed by atoms with Gasteiger partial charge in [0.25, 0.3) is 0 Å². The van der Waals surface area contributed by atoms with E-state index in [9.17, 15) is 8.42 Å². The topological polar surface area (TPSA) is 81.4 Å². The number of anilines is 1. The highest BCUT2D eigenvalue weighted by Crippen LogP contribution is 2.32. The van der Waals surface area contributed by atoms with Crippen LogP contribution in [-0.4, -0.2) is 27.7 Å². The van der Waals surface area contributed by atoms with Gasteiger partial charge in [0.05, 0.1) is 21.8 Å². The molecule has 0 bridgehead atoms. The summed E-state index contributed by atoms with van der Waals surface area (Å²) >= 11 is 11.7. The highest BCUT2D eigenvalue weighted by atomic mass is 35.5. The molecule has 1 unspecified atom stereocenters. The molecule has 0 fully saturated rings. The van der Waals surface area contributed by atoms with E-state index in [0.717, 1.165) is 0 Å². The first-order valence-corrected chi connectivity index (χ1v) is 7.88. The summed E-state index contributed by atoms with van der Waals surface area (Å²) in [5.74, 6) is 0. The first-order chi connectivity index (χ1) is 8.79. The summed E-state index contributed by atoms with van der Waals surface area (Å²) < 4.78 is 31.8. The van der Waals surface area contributed by atoms with E-state index in [0.29, 0.717) is 6.61 Å². The summed E-state index contributed by atoms with van der Waals surface area (Å²) in [5, 5.41) is 0.135. The molecular formula is C11H16Cl2N2O3S. The van der Waals surface area contributed by atoms with E-state index in [4.69, 9.17) is 33.7 Å². The van der Waals surface area contributed by atoms with Crippen molar-refractivity contribution < 1.29 is 13.2 Å². The highest BCUT2D eigenvalue weighted by molar-refractivity contribution is 7.89. The minimum Gasteiger partial charge on any atom is -0.396 e. The number of hydrogen-bond donors (Lipinski definition) is 2. The van der Waals surface area contributed by atoms with Crippen LogP contribution in [0.25, 0.3) is 0 Å². The van der Waals surface area contributed by atoms with Crippen molar-refractivity contribution in [3.05, 3.63) is 22.2 Å². The Morgan fingerprint density at radius 2 is 2.05 bits per heavy atom. The van der Waals surface area contributed by atoms with Crippen molar-refractivity contribution in [2.24, 2.45) is 0 Å². The van der Waals surface area contributed by atoms with Gasteiger partial charge in [0.2, 0.25) is 10.0 Å². The van der Waals surface area contributed by atoms with Crippen LogP contribution in [0.4, 0.5) is 5.69 Å². The highest BCUT2D eigenvalue weighted by Gasteiger charge is 2.21. The van der Waals surface area contributed by atoms with Crippen LogP contribution in [0.5, 0.6) is 0 Å². The van der Waals surface area contributed by atoms with E-state index >= 15 is 0 Å². The Hall–Kier alpha value is -0.530. The van der Waals surface area contributed by atoms with Gasteiger partial charge in [0, 0.05) is 13.2 Å². The Bertz CT molecular complexity index is 549. The molecule has 0 aromatic heterocycles. The molecule has 0 aliphatic rings. The molecule has 0 saturated heterocycles. The molecule has 3 N–H and O–H groups in total. The SMILES string of the molecule is CCOC(C)CNS(=O)(=O)c1ccc(Cl)c(N)c1Cl. The van der Waals surface area contributed by atoms with Crippen LogP contribution in [0.1, 0.15) is 13.8 Å². The molecule has 0 heterocycles. The predicted molar refractivity (Wildman–Crippen MR) is 77.2 cm³/mol. The molecule has 1 aromatic rings. The maximum atomic E-state index is 12.1. The number of nitrogens with one attached hydrogen (secondary N) is 1. The normalized spacial score (nSPS) is 13.5. The third-order valence-electron chi connectivity index (χ3n) is 2.39. The molecule has 19 heavy (non-hydrogen) atoms. The van der Waals surface area contributed by atoms with Gasteiger partial charge in [-0.1, -0.05) is 23.2 Å². The van der Waals surface area contributed by atoms with Gasteiger partial charge in [-0.05, 0) is 26.0 Å². The van der Waals surface area contributed by atoms with Gasteiger partial charge in [-0.2, -0.15) is 0 Å². The molecule has 0 radical (unpaired) electrons. The predicted octanol–water partition coefficient (Wildman–Crippen LogP) is 2.28. The Balaban J connectivity index is 2.92. The number of hydrogen-bond acceptors (Lipinski definition) is 4. The fourth-order valence-corrected chi connectivity index (χ4v) is 3.28. The number of nitrogen functional groups attached to an aromatic ring is 1. The molecule has 5 nitrogen and oxygen atoms in total. The van der Waals surface area contributed by atoms with Crippen molar-refractivity contribution in [2.45, 2.75) is 24.8 Å². The molecule has 0 aliphatic heterocycles. The van der Waals surface area contributed by atoms with Crippen LogP contribution in [0.15, 0.2) is 17.0 Å². The van der Waals surface area contributed by atoms with E-state index in [-0.39, 0.29) is 33.3 Å². The monoisotopic (exact) mass is 326 g/mol. The second kappa shape index (κ2) is 6.76. The van der Waals surface area contributed by atoms with Gasteiger partial charge < -0.3 is 10.5 Å². The Morgan fingerprint density at radius 1 is 1.42 bits per heavy atom. The van der Waals surface area contributed by atoms with E-state index in [2.05, 4.69) is 4.72 Å². The van der Waals surface area contributed by atoms with Crippen LogP contribution in [-0.2, 0) is 14.8 Å². The average molecular weight is 327 g/mol. The molecule has 0 saturated carbocycles. The van der Waals surface area contributed by atoms with Crippen molar-refractivity contribution in [1.29, 1.82) is 0 Å². The van der Waals surface area contributed by atoms with Crippen LogP contribution in [0.2, 0.25) is 10.0 Å². The third-order valence-corrected chi connectivity index (χ3v) is 4.71. The van der Waals surface area contributed by atoms with Crippen LogP contribution < -0.4 is 10.5 Å². The summed E-state index contributed by atoms with van der Waals surface area (Å²) in [6.45, 7) is 4.26. The van der Waals surface area contributed by atoms with Crippen molar-refractivity contribution in [3.63, 3.8) is 0 Å². The molecule has 1 atom stereocenters. The quantitative estimate of drug-likeness (QED) is 0.786. The van der Waals surface area contributed by atoms with Gasteiger partial charge in [-0.25, -0.2) is 13.1 Å². The average Bonchev–Trinajstić information content (AvgIpc) is 2.34. The largest absolute Gasteiger partial charge is 0.396 e. The lowest BCUT2D eigenvalue weighted by Gasteiger charge is -2.14. The number of halogens is 2. The van der Waals surface area contributed by atoms with E-state index in [1.54, 1.807) is 6.92 Å². The maximum Gasteiger partial charge on any atom is 0.242 e. The zero-order chi connectivity index (χ0) is 14.6. The Kier molecular flexibility index (Phi) is 5.88. The van der Waals surface area contributed by atoms with Gasteiger partial charge >= 0.3 is 0 Å². The van der Waals surface area contributed by atoms with Crippen molar-refractivity contribution in [3.8, 4) is 0 Å². The van der Waals surface area contributed by atoms with E-state index in [1.165, 1.54) is 12.1 Å². The lowest BCUT2D eigenvalue weighted by molar-refractivity contribution is 0.0799. The summed E-state index contributed by atoms with van der Waals surface area (Å²) in [7, 11) is -3.74. The lowest BCUT2D eigenvalue weighted by atomic mass is 10.3. The fourth-order valence-electron chi connectivity index (χ4n) is 1.41. The summed E-state index contributed by atoms with van der Waals surface area (Å²) in [5.41, 5.74) is 5.65. The minimum atomic E-state index is -3.74. The van der Waals surface area contributed by atoms with Crippen molar-refractivity contribution in [2.75, 3.05) is 18.9 Å². The summed E-state index contributed by atoms with van der Waals surface area (Å²) in [4.78, 5) is -0.0974. The molecule has 8 heteroatoms. The number of sulfonamides is 1.